The minimum absolute atomic E-state index is 0.0362. The second-order valence-electron chi connectivity index (χ2n) is 5.51. The van der Waals surface area contributed by atoms with Crippen LogP contribution in [0.25, 0.3) is 10.9 Å². The highest BCUT2D eigenvalue weighted by atomic mass is 16.2. The minimum Gasteiger partial charge on any atom is -0.340 e. The van der Waals surface area contributed by atoms with Crippen molar-refractivity contribution in [3.63, 3.8) is 0 Å². The van der Waals surface area contributed by atoms with Crippen LogP contribution < -0.4 is 10.2 Å². The third kappa shape index (κ3) is 2.24. The molecule has 21 heavy (non-hydrogen) atoms. The van der Waals surface area contributed by atoms with E-state index in [1.807, 2.05) is 37.3 Å². The molecule has 2 heterocycles. The highest BCUT2D eigenvalue weighted by molar-refractivity contribution is 6.09. The molecule has 0 saturated carbocycles. The molecule has 0 radical (unpaired) electrons. The number of aromatic nitrogens is 1. The second-order valence-corrected chi connectivity index (χ2v) is 5.51. The summed E-state index contributed by atoms with van der Waals surface area (Å²) in [6.45, 7) is 3.68. The van der Waals surface area contributed by atoms with Crippen molar-refractivity contribution in [2.75, 3.05) is 11.4 Å². The molecular formula is C16H17N3O2. The summed E-state index contributed by atoms with van der Waals surface area (Å²) in [5.41, 5.74) is 0.683. The number of hydrogen-bond donors (Lipinski definition) is 1. The SMILES string of the molecule is CCC1(C)NC(=O)CN(c2cnc3ccccc3c2)C1=O. The highest BCUT2D eigenvalue weighted by Gasteiger charge is 2.42. The van der Waals surface area contributed by atoms with Crippen molar-refractivity contribution >= 4 is 28.4 Å². The summed E-state index contributed by atoms with van der Waals surface area (Å²) in [5.74, 6) is -0.242. The van der Waals surface area contributed by atoms with Crippen molar-refractivity contribution < 1.29 is 9.59 Å². The van der Waals surface area contributed by atoms with Gasteiger partial charge in [0.25, 0.3) is 5.91 Å². The van der Waals surface area contributed by atoms with Crippen LogP contribution in [0.3, 0.4) is 0 Å². The molecule has 0 spiro atoms. The van der Waals surface area contributed by atoms with Gasteiger partial charge in [0.2, 0.25) is 5.91 Å². The van der Waals surface area contributed by atoms with Gasteiger partial charge in [0, 0.05) is 5.39 Å². The molecule has 1 aliphatic rings. The van der Waals surface area contributed by atoms with Crippen LogP contribution in [-0.2, 0) is 9.59 Å². The molecule has 1 aromatic carbocycles. The summed E-state index contributed by atoms with van der Waals surface area (Å²) in [6, 6.07) is 9.60. The summed E-state index contributed by atoms with van der Waals surface area (Å²) >= 11 is 0. The lowest BCUT2D eigenvalue weighted by Crippen LogP contribution is -2.65. The molecule has 1 N–H and O–H groups in total. The number of fused-ring (bicyclic) bond motifs is 1. The van der Waals surface area contributed by atoms with Gasteiger partial charge in [0.05, 0.1) is 17.4 Å². The maximum Gasteiger partial charge on any atom is 0.252 e. The monoisotopic (exact) mass is 283 g/mol. The lowest BCUT2D eigenvalue weighted by Gasteiger charge is -2.39. The molecular weight excluding hydrogens is 266 g/mol. The molecule has 1 aromatic heterocycles. The fraction of sp³-hybridized carbons (Fsp3) is 0.312. The van der Waals surface area contributed by atoms with E-state index in [9.17, 15) is 9.59 Å². The van der Waals surface area contributed by atoms with Gasteiger partial charge in [-0.25, -0.2) is 0 Å². The third-order valence-electron chi connectivity index (χ3n) is 4.03. The van der Waals surface area contributed by atoms with Crippen molar-refractivity contribution in [3.05, 3.63) is 36.5 Å². The van der Waals surface area contributed by atoms with Gasteiger partial charge < -0.3 is 5.32 Å². The van der Waals surface area contributed by atoms with E-state index in [1.54, 1.807) is 13.1 Å². The Balaban J connectivity index is 2.04. The van der Waals surface area contributed by atoms with E-state index in [2.05, 4.69) is 10.3 Å². The maximum atomic E-state index is 12.6. The lowest BCUT2D eigenvalue weighted by molar-refractivity contribution is -0.135. The van der Waals surface area contributed by atoms with E-state index in [1.165, 1.54) is 4.90 Å². The van der Waals surface area contributed by atoms with Gasteiger partial charge in [-0.1, -0.05) is 25.1 Å². The first-order valence-electron chi connectivity index (χ1n) is 7.01. The number of nitrogens with one attached hydrogen (secondary N) is 1. The van der Waals surface area contributed by atoms with Crippen LogP contribution in [0, 0.1) is 0 Å². The molecule has 1 unspecified atom stereocenters. The predicted molar refractivity (Wildman–Crippen MR) is 80.9 cm³/mol. The quantitative estimate of drug-likeness (QED) is 0.915. The zero-order valence-corrected chi connectivity index (χ0v) is 12.1. The topological polar surface area (TPSA) is 62.3 Å². The molecule has 0 aliphatic carbocycles. The lowest BCUT2D eigenvalue weighted by atomic mass is 9.94. The second kappa shape index (κ2) is 4.84. The number of benzene rings is 1. The van der Waals surface area contributed by atoms with Crippen molar-refractivity contribution in [1.82, 2.24) is 10.3 Å². The number of hydrogen-bond acceptors (Lipinski definition) is 3. The first kappa shape index (κ1) is 13.5. The van der Waals surface area contributed by atoms with Crippen molar-refractivity contribution in [2.24, 2.45) is 0 Å². The number of piperazine rings is 1. The number of carbonyl (C=O) groups excluding carboxylic acids is 2. The maximum absolute atomic E-state index is 12.6. The van der Waals surface area contributed by atoms with Gasteiger partial charge in [-0.15, -0.1) is 0 Å². The Hall–Kier alpha value is -2.43. The Labute approximate surface area is 123 Å². The molecule has 1 saturated heterocycles. The molecule has 108 valence electrons. The molecule has 3 rings (SSSR count). The van der Waals surface area contributed by atoms with Crippen LogP contribution in [0.1, 0.15) is 20.3 Å². The first-order valence-corrected chi connectivity index (χ1v) is 7.01. The number of anilines is 1. The average molecular weight is 283 g/mol. The summed E-state index contributed by atoms with van der Waals surface area (Å²) in [6.07, 6.45) is 2.20. The number of rotatable bonds is 2. The van der Waals surface area contributed by atoms with E-state index >= 15 is 0 Å². The third-order valence-corrected chi connectivity index (χ3v) is 4.03. The number of pyridine rings is 1. The number of carbonyl (C=O) groups is 2. The van der Waals surface area contributed by atoms with Crippen LogP contribution in [0.4, 0.5) is 5.69 Å². The zero-order chi connectivity index (χ0) is 15.0. The Morgan fingerprint density at radius 1 is 1.33 bits per heavy atom. The standard InChI is InChI=1S/C16H17N3O2/c1-3-16(2)15(21)19(10-14(20)18-16)12-8-11-6-4-5-7-13(11)17-9-12/h4-9H,3,10H2,1-2H3,(H,18,20). The van der Waals surface area contributed by atoms with Crippen molar-refractivity contribution in [1.29, 1.82) is 0 Å². The van der Waals surface area contributed by atoms with Crippen LogP contribution >= 0.6 is 0 Å². The number of amides is 2. The van der Waals surface area contributed by atoms with Crippen LogP contribution in [0.2, 0.25) is 0 Å². The minimum atomic E-state index is -0.846. The molecule has 5 nitrogen and oxygen atoms in total. The molecule has 2 aromatic rings. The van der Waals surface area contributed by atoms with Gasteiger partial charge >= 0.3 is 0 Å². The van der Waals surface area contributed by atoms with E-state index in [0.29, 0.717) is 12.1 Å². The van der Waals surface area contributed by atoms with E-state index in [0.717, 1.165) is 10.9 Å². The van der Waals surface area contributed by atoms with Gasteiger partial charge in [-0.3, -0.25) is 19.5 Å². The van der Waals surface area contributed by atoms with E-state index in [4.69, 9.17) is 0 Å². The number of para-hydroxylation sites is 1. The fourth-order valence-corrected chi connectivity index (χ4v) is 2.57. The van der Waals surface area contributed by atoms with Crippen molar-refractivity contribution in [3.8, 4) is 0 Å². The Morgan fingerprint density at radius 3 is 2.86 bits per heavy atom. The van der Waals surface area contributed by atoms with Gasteiger partial charge in [-0.2, -0.15) is 0 Å². The molecule has 2 amide bonds. The normalized spacial score (nSPS) is 22.5. The van der Waals surface area contributed by atoms with Crippen LogP contribution in [0.5, 0.6) is 0 Å². The molecule has 1 fully saturated rings. The summed E-state index contributed by atoms with van der Waals surface area (Å²) in [5, 5.41) is 3.73. The highest BCUT2D eigenvalue weighted by Crippen LogP contribution is 2.25. The molecule has 1 atom stereocenters. The molecule has 0 bridgehead atoms. The smallest absolute Gasteiger partial charge is 0.252 e. The molecule has 1 aliphatic heterocycles. The van der Waals surface area contributed by atoms with Crippen LogP contribution in [-0.4, -0.2) is 28.9 Å². The first-order chi connectivity index (χ1) is 10.0. The van der Waals surface area contributed by atoms with Gasteiger partial charge in [0.15, 0.2) is 0 Å². The largest absolute Gasteiger partial charge is 0.340 e. The zero-order valence-electron chi connectivity index (χ0n) is 12.1. The van der Waals surface area contributed by atoms with Crippen molar-refractivity contribution in [2.45, 2.75) is 25.8 Å². The number of nitrogens with zero attached hydrogens (tertiary/aromatic N) is 2. The van der Waals surface area contributed by atoms with E-state index < -0.39 is 5.54 Å². The average Bonchev–Trinajstić information content (AvgIpc) is 2.50. The molecule has 5 heteroatoms. The Kier molecular flexibility index (Phi) is 3.12. The summed E-state index contributed by atoms with van der Waals surface area (Å²) in [7, 11) is 0. The van der Waals surface area contributed by atoms with Gasteiger partial charge in [-0.05, 0) is 25.5 Å². The van der Waals surface area contributed by atoms with Crippen LogP contribution in [0.15, 0.2) is 36.5 Å². The predicted octanol–water partition coefficient (Wildman–Crippen LogP) is 1.87. The fourth-order valence-electron chi connectivity index (χ4n) is 2.57. The van der Waals surface area contributed by atoms with E-state index in [-0.39, 0.29) is 18.4 Å². The Bertz CT molecular complexity index is 728. The summed E-state index contributed by atoms with van der Waals surface area (Å²) in [4.78, 5) is 30.4. The Morgan fingerprint density at radius 2 is 2.10 bits per heavy atom. The summed E-state index contributed by atoms with van der Waals surface area (Å²) < 4.78 is 0. The van der Waals surface area contributed by atoms with Gasteiger partial charge in [0.1, 0.15) is 12.1 Å².